The number of aryl methyl sites for hydroxylation is 1. The third-order valence-corrected chi connectivity index (χ3v) is 3.62. The fraction of sp³-hybridized carbons (Fsp3) is 0.235. The van der Waals surface area contributed by atoms with Crippen molar-refractivity contribution >= 4 is 23.1 Å². The quantitative estimate of drug-likeness (QED) is 0.853. The van der Waals surface area contributed by atoms with Gasteiger partial charge < -0.3 is 10.2 Å². The molecule has 1 aliphatic carbocycles. The molecule has 1 heterocycles. The van der Waals surface area contributed by atoms with Crippen molar-refractivity contribution in [2.24, 2.45) is 4.99 Å². The highest BCUT2D eigenvalue weighted by Gasteiger charge is 2.23. The van der Waals surface area contributed by atoms with Gasteiger partial charge in [-0.05, 0) is 31.2 Å². The summed E-state index contributed by atoms with van der Waals surface area (Å²) < 4.78 is 0. The van der Waals surface area contributed by atoms with Crippen molar-refractivity contribution in [2.45, 2.75) is 6.92 Å². The molecule has 2 aliphatic rings. The topological polar surface area (TPSA) is 61.8 Å². The average Bonchev–Trinajstić information content (AvgIpc) is 3.02. The molecule has 0 fully saturated rings. The molecule has 0 radical (unpaired) electrons. The highest BCUT2D eigenvalue weighted by molar-refractivity contribution is 6.19. The van der Waals surface area contributed by atoms with E-state index in [1.165, 1.54) is 18.2 Å². The number of carbonyl (C=O) groups excluding carboxylic acids is 2. The van der Waals surface area contributed by atoms with Crippen LogP contribution in [-0.4, -0.2) is 37.0 Å². The van der Waals surface area contributed by atoms with Crippen LogP contribution < -0.4 is 10.2 Å². The van der Waals surface area contributed by atoms with Crippen LogP contribution in [0, 0.1) is 6.92 Å². The Kier molecular flexibility index (Phi) is 3.87. The van der Waals surface area contributed by atoms with E-state index in [2.05, 4.69) is 10.3 Å². The van der Waals surface area contributed by atoms with Crippen molar-refractivity contribution in [1.82, 2.24) is 5.32 Å². The summed E-state index contributed by atoms with van der Waals surface area (Å²) in [6.45, 7) is 4.00. The van der Waals surface area contributed by atoms with Gasteiger partial charge in [-0.25, -0.2) is 0 Å². The molecule has 0 aromatic heterocycles. The number of anilines is 1. The summed E-state index contributed by atoms with van der Waals surface area (Å²) in [5.41, 5.74) is 2.39. The van der Waals surface area contributed by atoms with E-state index in [9.17, 15) is 9.59 Å². The molecule has 1 aromatic carbocycles. The Morgan fingerprint density at radius 1 is 1.18 bits per heavy atom. The van der Waals surface area contributed by atoms with Crippen LogP contribution in [-0.2, 0) is 9.59 Å². The molecule has 1 aromatic rings. The fourth-order valence-electron chi connectivity index (χ4n) is 2.45. The lowest BCUT2D eigenvalue weighted by atomic mass is 10.1. The molecule has 0 bridgehead atoms. The minimum Gasteiger partial charge on any atom is -0.370 e. The van der Waals surface area contributed by atoms with E-state index >= 15 is 0 Å². The van der Waals surface area contributed by atoms with Gasteiger partial charge in [-0.2, -0.15) is 0 Å². The van der Waals surface area contributed by atoms with Crippen LogP contribution in [0.4, 0.5) is 5.69 Å². The van der Waals surface area contributed by atoms with Gasteiger partial charge in [0.25, 0.3) is 0 Å². The Bertz CT molecular complexity index is 699. The van der Waals surface area contributed by atoms with Gasteiger partial charge in [-0.15, -0.1) is 0 Å². The number of hydrogen-bond acceptors (Lipinski definition) is 5. The van der Waals surface area contributed by atoms with Crippen LogP contribution in [0.15, 0.2) is 53.2 Å². The maximum absolute atomic E-state index is 12.2. The first-order chi connectivity index (χ1) is 10.6. The van der Waals surface area contributed by atoms with Crippen LogP contribution in [0.1, 0.15) is 5.56 Å². The van der Waals surface area contributed by atoms with Gasteiger partial charge in [-0.1, -0.05) is 17.7 Å². The second-order valence-corrected chi connectivity index (χ2v) is 5.31. The zero-order valence-corrected chi connectivity index (χ0v) is 12.4. The molecule has 1 aliphatic heterocycles. The van der Waals surface area contributed by atoms with Gasteiger partial charge in [-0.3, -0.25) is 14.6 Å². The third kappa shape index (κ3) is 2.98. The minimum atomic E-state index is -0.173. The van der Waals surface area contributed by atoms with E-state index in [-0.39, 0.29) is 11.6 Å². The largest absolute Gasteiger partial charge is 0.370 e. The van der Waals surface area contributed by atoms with Gasteiger partial charge in [0.05, 0.1) is 18.8 Å². The number of nitrogens with one attached hydrogen (secondary N) is 1. The van der Waals surface area contributed by atoms with E-state index in [1.807, 2.05) is 36.1 Å². The molecular formula is C17H17N3O2. The minimum absolute atomic E-state index is 0.168. The molecule has 22 heavy (non-hydrogen) atoms. The molecule has 5 nitrogen and oxygen atoms in total. The Morgan fingerprint density at radius 3 is 2.64 bits per heavy atom. The number of benzene rings is 1. The maximum atomic E-state index is 12.2. The number of carbonyl (C=O) groups is 2. The molecule has 0 saturated heterocycles. The molecule has 0 amide bonds. The summed E-state index contributed by atoms with van der Waals surface area (Å²) in [6, 6.07) is 7.86. The predicted octanol–water partition coefficient (Wildman–Crippen LogP) is 1.40. The van der Waals surface area contributed by atoms with Crippen molar-refractivity contribution in [1.29, 1.82) is 0 Å². The average molecular weight is 295 g/mol. The van der Waals surface area contributed by atoms with Crippen LogP contribution in [0.5, 0.6) is 0 Å². The molecule has 0 saturated carbocycles. The van der Waals surface area contributed by atoms with Gasteiger partial charge in [0.15, 0.2) is 5.78 Å². The molecule has 112 valence electrons. The van der Waals surface area contributed by atoms with E-state index in [4.69, 9.17) is 0 Å². The lowest BCUT2D eigenvalue weighted by Crippen LogP contribution is -2.37. The number of ketones is 2. The smallest absolute Gasteiger partial charge is 0.202 e. The van der Waals surface area contributed by atoms with Crippen molar-refractivity contribution in [2.75, 3.05) is 24.5 Å². The number of nitrogens with zero attached hydrogens (tertiary/aromatic N) is 2. The van der Waals surface area contributed by atoms with E-state index in [0.717, 1.165) is 30.2 Å². The maximum Gasteiger partial charge on any atom is 0.202 e. The Morgan fingerprint density at radius 2 is 1.95 bits per heavy atom. The van der Waals surface area contributed by atoms with Gasteiger partial charge in [0.2, 0.25) is 5.78 Å². The zero-order chi connectivity index (χ0) is 15.5. The standard InChI is InChI=1S/C17H17N3O2/c1-12-2-4-13(5-3-12)20(11-17-18-8-9-19-17)15-10-14(21)6-7-16(15)22/h2-7,10H,8-9,11H2,1H3,(H,18,19). The van der Waals surface area contributed by atoms with Gasteiger partial charge in [0.1, 0.15) is 5.84 Å². The van der Waals surface area contributed by atoms with Gasteiger partial charge >= 0.3 is 0 Å². The molecule has 0 spiro atoms. The number of rotatable bonds is 4. The molecule has 0 atom stereocenters. The first-order valence-corrected chi connectivity index (χ1v) is 7.23. The van der Waals surface area contributed by atoms with Crippen LogP contribution in [0.25, 0.3) is 0 Å². The second kappa shape index (κ2) is 5.97. The van der Waals surface area contributed by atoms with Crippen molar-refractivity contribution in [3.63, 3.8) is 0 Å². The molecule has 3 rings (SSSR count). The van der Waals surface area contributed by atoms with E-state index in [0.29, 0.717) is 12.2 Å². The molecule has 5 heteroatoms. The Balaban J connectivity index is 1.96. The number of allylic oxidation sites excluding steroid dienone is 3. The predicted molar refractivity (Wildman–Crippen MR) is 86.1 cm³/mol. The van der Waals surface area contributed by atoms with Crippen LogP contribution >= 0.6 is 0 Å². The van der Waals surface area contributed by atoms with Crippen LogP contribution in [0.2, 0.25) is 0 Å². The first-order valence-electron chi connectivity index (χ1n) is 7.23. The van der Waals surface area contributed by atoms with E-state index < -0.39 is 0 Å². The first kappa shape index (κ1) is 14.3. The highest BCUT2D eigenvalue weighted by Crippen LogP contribution is 2.22. The highest BCUT2D eigenvalue weighted by atomic mass is 16.1. The number of aliphatic imine (C=N–C) groups is 1. The second-order valence-electron chi connectivity index (χ2n) is 5.31. The zero-order valence-electron chi connectivity index (χ0n) is 12.4. The Labute approximate surface area is 129 Å². The molecule has 1 N–H and O–H groups in total. The lowest BCUT2D eigenvalue weighted by molar-refractivity contribution is -0.114. The van der Waals surface area contributed by atoms with E-state index in [1.54, 1.807) is 0 Å². The van der Waals surface area contributed by atoms with Crippen molar-refractivity contribution in [3.8, 4) is 0 Å². The SMILES string of the molecule is Cc1ccc(N(CC2=NCCN2)C2=CC(=O)C=CC2=O)cc1. The molecule has 0 unspecified atom stereocenters. The van der Waals surface area contributed by atoms with Crippen molar-refractivity contribution in [3.05, 3.63) is 53.8 Å². The summed E-state index contributed by atoms with van der Waals surface area (Å²) in [7, 11) is 0. The van der Waals surface area contributed by atoms with Gasteiger partial charge in [0, 0.05) is 18.3 Å². The summed E-state index contributed by atoms with van der Waals surface area (Å²) in [5, 5.41) is 3.20. The van der Waals surface area contributed by atoms with Crippen LogP contribution in [0.3, 0.4) is 0 Å². The van der Waals surface area contributed by atoms with Crippen molar-refractivity contribution < 1.29 is 9.59 Å². The summed E-state index contributed by atoms with van der Waals surface area (Å²) in [5.74, 6) is 0.489. The summed E-state index contributed by atoms with van der Waals surface area (Å²) in [6.07, 6.45) is 4.00. The third-order valence-electron chi connectivity index (χ3n) is 3.62. The fourth-order valence-corrected chi connectivity index (χ4v) is 2.45. The molecular weight excluding hydrogens is 278 g/mol. The normalized spacial score (nSPS) is 17.1. The summed E-state index contributed by atoms with van der Waals surface area (Å²) >= 11 is 0. The summed E-state index contributed by atoms with van der Waals surface area (Å²) in [4.78, 5) is 30.1. The number of amidine groups is 1. The lowest BCUT2D eigenvalue weighted by Gasteiger charge is -2.27. The monoisotopic (exact) mass is 295 g/mol. The Hall–Kier alpha value is -2.69. The number of hydrogen-bond donors (Lipinski definition) is 1.